The molecule has 3 aromatic rings. The third kappa shape index (κ3) is 12.7. The van der Waals surface area contributed by atoms with E-state index in [0.717, 1.165) is 25.0 Å². The molecular weight excluding hydrogens is 661 g/mol. The minimum atomic E-state index is -5.08. The predicted octanol–water partition coefficient (Wildman–Crippen LogP) is 5.96. The van der Waals surface area contributed by atoms with Crippen molar-refractivity contribution in [1.29, 1.82) is 0 Å². The fraction of sp³-hybridized carbons (Fsp3) is 0.333. The number of morpholine rings is 1. The molecule has 11 nitrogen and oxygen atoms in total. The Hall–Kier alpha value is -5.01. The van der Waals surface area contributed by atoms with Crippen molar-refractivity contribution in [3.05, 3.63) is 66.1 Å². The Labute approximate surface area is 259 Å². The summed E-state index contributed by atoms with van der Waals surface area (Å²) in [6, 6.07) is 12.2. The molecule has 0 saturated carbocycles. The van der Waals surface area contributed by atoms with Gasteiger partial charge in [-0.1, -0.05) is 6.07 Å². The van der Waals surface area contributed by atoms with E-state index < -0.39 is 36.0 Å². The van der Waals surface area contributed by atoms with Gasteiger partial charge >= 0.3 is 30.5 Å². The molecule has 4 N–H and O–H groups in total. The van der Waals surface area contributed by atoms with Gasteiger partial charge in [-0.2, -0.15) is 39.5 Å². The number of aliphatic carboxylic acids is 2. The Bertz CT molecular complexity index is 1440. The van der Waals surface area contributed by atoms with Gasteiger partial charge in [-0.05, 0) is 24.3 Å². The standard InChI is InChI=1S/C23H24F3N5O2.2C2HF3O2/c1-32-21-12-17(31-8-10-33-11-9-31)5-6-19(21)30-22-13-20(18(15-29-22)23(24,25)26)28-14-16-4-2-3-7-27-16;2*3-2(4,5)1(6)7/h2-7,12-13,15H,8-11,14H2,1H3,(H2,28,29,30);2*(H,6,7). The number of ether oxygens (including phenoxy) is 2. The topological polar surface area (TPSA) is 146 Å². The quantitative estimate of drug-likeness (QED) is 0.218. The van der Waals surface area contributed by atoms with Gasteiger partial charge in [0.05, 0.1) is 49.5 Å². The summed E-state index contributed by atoms with van der Waals surface area (Å²) in [6.45, 7) is 3.02. The summed E-state index contributed by atoms with van der Waals surface area (Å²) in [5.41, 5.74) is 1.27. The van der Waals surface area contributed by atoms with Gasteiger partial charge in [-0.25, -0.2) is 14.6 Å². The maximum Gasteiger partial charge on any atom is 0.490 e. The molecule has 0 unspecified atom stereocenters. The number of nitrogens with one attached hydrogen (secondary N) is 2. The average molecular weight is 688 g/mol. The molecule has 4 rings (SSSR count). The minimum Gasteiger partial charge on any atom is -0.494 e. The van der Waals surface area contributed by atoms with Crippen LogP contribution < -0.4 is 20.3 Å². The van der Waals surface area contributed by atoms with E-state index in [0.29, 0.717) is 30.3 Å². The fourth-order valence-corrected chi connectivity index (χ4v) is 3.52. The average Bonchev–Trinajstić information content (AvgIpc) is 3.00. The highest BCUT2D eigenvalue weighted by atomic mass is 19.4. The van der Waals surface area contributed by atoms with Gasteiger partial charge in [-0.15, -0.1) is 0 Å². The van der Waals surface area contributed by atoms with Gasteiger partial charge in [0.2, 0.25) is 0 Å². The summed E-state index contributed by atoms with van der Waals surface area (Å²) in [7, 11) is 1.55. The van der Waals surface area contributed by atoms with E-state index in [4.69, 9.17) is 29.3 Å². The minimum absolute atomic E-state index is 0.0884. The van der Waals surface area contributed by atoms with Crippen molar-refractivity contribution in [2.75, 3.05) is 48.9 Å². The number of nitrogens with zero attached hydrogens (tertiary/aromatic N) is 3. The molecule has 1 aliphatic heterocycles. The molecule has 0 bridgehead atoms. The second-order valence-corrected chi connectivity index (χ2v) is 9.00. The highest BCUT2D eigenvalue weighted by Gasteiger charge is 2.39. The van der Waals surface area contributed by atoms with E-state index in [1.165, 1.54) is 6.07 Å². The van der Waals surface area contributed by atoms with Gasteiger partial charge in [0.25, 0.3) is 0 Å². The van der Waals surface area contributed by atoms with Crippen molar-refractivity contribution >= 4 is 34.8 Å². The number of aromatic nitrogens is 2. The molecule has 258 valence electrons. The molecule has 3 heterocycles. The van der Waals surface area contributed by atoms with Crippen LogP contribution in [0.1, 0.15) is 11.3 Å². The molecular formula is C27H26F9N5O6. The first-order valence-corrected chi connectivity index (χ1v) is 12.9. The number of halogens is 9. The van der Waals surface area contributed by atoms with Crippen molar-refractivity contribution in [1.82, 2.24) is 9.97 Å². The van der Waals surface area contributed by atoms with Gasteiger partial charge in [0.1, 0.15) is 11.6 Å². The smallest absolute Gasteiger partial charge is 0.490 e. The monoisotopic (exact) mass is 687 g/mol. The van der Waals surface area contributed by atoms with Crippen LogP contribution in [0.2, 0.25) is 0 Å². The number of hydrogen-bond acceptors (Lipinski definition) is 9. The molecule has 1 aliphatic rings. The number of carbonyl (C=O) groups is 2. The number of anilines is 4. The number of hydrogen-bond donors (Lipinski definition) is 4. The van der Waals surface area contributed by atoms with Crippen LogP contribution in [0.4, 0.5) is 62.4 Å². The second kappa shape index (κ2) is 16.5. The second-order valence-electron chi connectivity index (χ2n) is 9.00. The molecule has 1 aromatic carbocycles. The summed E-state index contributed by atoms with van der Waals surface area (Å²) < 4.78 is 115. The van der Waals surface area contributed by atoms with Crippen LogP contribution in [-0.4, -0.2) is 77.9 Å². The number of carboxylic acids is 2. The highest BCUT2D eigenvalue weighted by Crippen LogP contribution is 2.37. The van der Waals surface area contributed by atoms with E-state index in [1.807, 2.05) is 18.2 Å². The number of pyridine rings is 2. The first kappa shape index (κ1) is 38.2. The van der Waals surface area contributed by atoms with E-state index in [9.17, 15) is 39.5 Å². The van der Waals surface area contributed by atoms with Crippen molar-refractivity contribution in [3.8, 4) is 5.75 Å². The Balaban J connectivity index is 0.000000459. The lowest BCUT2D eigenvalue weighted by molar-refractivity contribution is -0.193. The Morgan fingerprint density at radius 2 is 1.49 bits per heavy atom. The molecule has 1 saturated heterocycles. The lowest BCUT2D eigenvalue weighted by Crippen LogP contribution is -2.36. The molecule has 20 heteroatoms. The van der Waals surface area contributed by atoms with Gasteiger partial charge in [0.15, 0.2) is 0 Å². The molecule has 0 spiro atoms. The summed E-state index contributed by atoms with van der Waals surface area (Å²) >= 11 is 0. The van der Waals surface area contributed by atoms with Gasteiger partial charge < -0.3 is 35.2 Å². The molecule has 47 heavy (non-hydrogen) atoms. The van der Waals surface area contributed by atoms with Crippen molar-refractivity contribution < 1.29 is 68.8 Å². The largest absolute Gasteiger partial charge is 0.494 e. The molecule has 0 amide bonds. The maximum atomic E-state index is 13.5. The van der Waals surface area contributed by atoms with Crippen LogP contribution in [0.15, 0.2) is 54.9 Å². The van der Waals surface area contributed by atoms with Crippen LogP contribution in [0.5, 0.6) is 5.75 Å². The van der Waals surface area contributed by atoms with E-state index >= 15 is 0 Å². The molecule has 1 fully saturated rings. The summed E-state index contributed by atoms with van der Waals surface area (Å²) in [5, 5.41) is 20.1. The SMILES string of the molecule is COc1cc(N2CCOCC2)ccc1Nc1cc(NCc2ccccn2)c(C(F)(F)F)cn1.O=C(O)C(F)(F)F.O=C(O)C(F)(F)F. The molecule has 2 aromatic heterocycles. The van der Waals surface area contributed by atoms with E-state index in [-0.39, 0.29) is 18.1 Å². The Morgan fingerprint density at radius 1 is 0.894 bits per heavy atom. The first-order valence-electron chi connectivity index (χ1n) is 12.9. The fourth-order valence-electron chi connectivity index (χ4n) is 3.52. The Morgan fingerprint density at radius 3 is 1.98 bits per heavy atom. The van der Waals surface area contributed by atoms with Crippen molar-refractivity contribution in [3.63, 3.8) is 0 Å². The normalized spacial score (nSPS) is 13.3. The number of rotatable bonds is 7. The van der Waals surface area contributed by atoms with Crippen LogP contribution in [0, 0.1) is 0 Å². The lowest BCUT2D eigenvalue weighted by atomic mass is 10.2. The number of methoxy groups -OCH3 is 1. The van der Waals surface area contributed by atoms with Crippen LogP contribution in [0.25, 0.3) is 0 Å². The molecule has 0 radical (unpaired) electrons. The third-order valence-electron chi connectivity index (χ3n) is 5.70. The highest BCUT2D eigenvalue weighted by molar-refractivity contribution is 5.73. The Kier molecular flexibility index (Phi) is 13.4. The van der Waals surface area contributed by atoms with E-state index in [2.05, 4.69) is 25.5 Å². The zero-order chi connectivity index (χ0) is 35.4. The number of carboxylic acid groups (broad SMARTS) is 2. The van der Waals surface area contributed by atoms with Crippen molar-refractivity contribution in [2.24, 2.45) is 0 Å². The zero-order valence-corrected chi connectivity index (χ0v) is 24.0. The zero-order valence-electron chi connectivity index (χ0n) is 24.0. The third-order valence-corrected chi connectivity index (χ3v) is 5.70. The van der Waals surface area contributed by atoms with Crippen LogP contribution in [0.3, 0.4) is 0 Å². The molecule has 0 aliphatic carbocycles. The summed E-state index contributed by atoms with van der Waals surface area (Å²) in [5.74, 6) is -4.70. The summed E-state index contributed by atoms with van der Waals surface area (Å²) in [6.07, 6.45) is -12.3. The van der Waals surface area contributed by atoms with Gasteiger partial charge in [-0.3, -0.25) is 4.98 Å². The van der Waals surface area contributed by atoms with Crippen LogP contribution >= 0.6 is 0 Å². The predicted molar refractivity (Wildman–Crippen MR) is 147 cm³/mol. The maximum absolute atomic E-state index is 13.5. The lowest BCUT2D eigenvalue weighted by Gasteiger charge is -2.29. The number of alkyl halides is 9. The summed E-state index contributed by atoms with van der Waals surface area (Å²) in [4.78, 5) is 28.1. The number of benzene rings is 1. The van der Waals surface area contributed by atoms with Crippen molar-refractivity contribution in [2.45, 2.75) is 25.1 Å². The van der Waals surface area contributed by atoms with Crippen LogP contribution in [-0.2, 0) is 27.0 Å². The first-order chi connectivity index (χ1) is 21.8. The molecule has 0 atom stereocenters. The van der Waals surface area contributed by atoms with Gasteiger partial charge in [0, 0.05) is 43.3 Å². The van der Waals surface area contributed by atoms with E-state index in [1.54, 1.807) is 31.5 Å².